The minimum atomic E-state index is -3.16. The van der Waals surface area contributed by atoms with Gasteiger partial charge in [0, 0.05) is 47.2 Å². The van der Waals surface area contributed by atoms with E-state index in [1.165, 1.54) is 32.1 Å². The number of carbonyl (C=O) groups is 5. The number of fused-ring (bicyclic) bond motifs is 5. The van der Waals surface area contributed by atoms with Gasteiger partial charge in [-0.15, -0.1) is 11.3 Å². The number of ether oxygens (including phenoxy) is 3. The maximum absolute atomic E-state index is 17.1. The van der Waals surface area contributed by atoms with Crippen molar-refractivity contribution in [1.29, 1.82) is 0 Å². The lowest BCUT2D eigenvalue weighted by atomic mass is 9.65. The summed E-state index contributed by atoms with van der Waals surface area (Å²) in [7, 11) is 3.68. The van der Waals surface area contributed by atoms with E-state index < -0.39 is 101 Å². The number of Topliss-reactive ketones (excluding diaryl/α,β-unsaturated/α-hetero) is 1. The Morgan fingerprint density at radius 2 is 1.77 bits per heavy atom. The minimum Gasteiger partial charge on any atom is -0.457 e. The molecule has 2 bridgehead atoms. The number of carbonyl (C=O) groups excluding carboxylic acids is 5. The molecule has 0 spiro atoms. The largest absolute Gasteiger partial charge is 0.457 e. The Labute approximate surface area is 433 Å². The van der Waals surface area contributed by atoms with Crippen LogP contribution in [0.2, 0.25) is 0 Å². The molecule has 406 valence electrons. The second kappa shape index (κ2) is 24.8. The SMILES string of the molecule is CCC(=O)N=C1[C@H](C)C[C@@]2(C)CC/C(=N/OCc3ccc(-c4nc(NC(=O)[C@H](C)NC(=O)[C@H](C)N)cs4)cn3)CC[C@H]([C@H]1C)[C@](C)(O)[C@@H](CC)OC(=O)[C@@](C)(F)C(=O)[C@H](C)[C@H]2O[C@@H]1O[C@H](C)C[C@H](N(C)C)[C@H]1O. The van der Waals surface area contributed by atoms with Gasteiger partial charge in [0.2, 0.25) is 17.7 Å². The van der Waals surface area contributed by atoms with Gasteiger partial charge in [0.25, 0.3) is 5.67 Å². The number of amides is 3. The number of rotatable bonds is 13. The number of alkyl halides is 1. The van der Waals surface area contributed by atoms with Gasteiger partial charge in [0.15, 0.2) is 18.7 Å². The number of oxime groups is 1. The number of aliphatic hydroxyl groups excluding tert-OH is 1. The number of cyclic esters (lactones) is 1. The van der Waals surface area contributed by atoms with Gasteiger partial charge in [-0.05, 0) is 123 Å². The van der Waals surface area contributed by atoms with Gasteiger partial charge in [-0.2, -0.15) is 0 Å². The number of nitrogens with one attached hydrogen (secondary N) is 2. The van der Waals surface area contributed by atoms with Crippen LogP contribution in [0, 0.1) is 29.1 Å². The number of esters is 1. The maximum Gasteiger partial charge on any atom is 0.351 e. The van der Waals surface area contributed by atoms with E-state index in [0.717, 1.165) is 6.92 Å². The molecule has 3 fully saturated rings. The Hall–Kier alpha value is -4.64. The van der Waals surface area contributed by atoms with Gasteiger partial charge in [0.1, 0.15) is 34.7 Å². The Kier molecular flexibility index (Phi) is 20.1. The number of ketones is 1. The number of nitrogens with zero attached hydrogens (tertiary/aromatic N) is 5. The molecule has 3 amide bonds. The predicted molar refractivity (Wildman–Crippen MR) is 275 cm³/mol. The van der Waals surface area contributed by atoms with Crippen LogP contribution in [0.4, 0.5) is 10.2 Å². The summed E-state index contributed by atoms with van der Waals surface area (Å²) in [5.74, 6) is -6.62. The molecule has 6 N–H and O–H groups in total. The monoisotopic (exact) mass is 1040 g/mol. The molecule has 2 aliphatic heterocycles. The zero-order valence-electron chi connectivity index (χ0n) is 44.8. The number of hydrogen-bond donors (Lipinski definition) is 5. The minimum absolute atomic E-state index is 0.0296. The van der Waals surface area contributed by atoms with Gasteiger partial charge in [-0.25, -0.2) is 19.2 Å². The van der Waals surface area contributed by atoms with Gasteiger partial charge < -0.3 is 50.5 Å². The summed E-state index contributed by atoms with van der Waals surface area (Å²) in [6.07, 6.45) is -1.61. The third kappa shape index (κ3) is 14.2. The molecule has 5 rings (SSSR count). The van der Waals surface area contributed by atoms with Crippen molar-refractivity contribution >= 4 is 58.1 Å². The first-order valence-corrected chi connectivity index (χ1v) is 26.4. The summed E-state index contributed by atoms with van der Waals surface area (Å²) in [5, 5.41) is 36.7. The molecule has 2 saturated heterocycles. The molecule has 0 unspecified atom stereocenters. The number of aromatic nitrogens is 2. The molecule has 2 aromatic rings. The van der Waals surface area contributed by atoms with Crippen molar-refractivity contribution in [2.24, 2.45) is 45.0 Å². The van der Waals surface area contributed by atoms with E-state index in [1.807, 2.05) is 52.8 Å². The third-order valence-electron chi connectivity index (χ3n) is 15.0. The number of halogens is 1. The van der Waals surface area contributed by atoms with E-state index in [9.17, 15) is 34.2 Å². The highest BCUT2D eigenvalue weighted by molar-refractivity contribution is 7.13. The Balaban J connectivity index is 1.54. The molecule has 4 heterocycles. The van der Waals surface area contributed by atoms with E-state index in [0.29, 0.717) is 39.9 Å². The molecular weight excluding hydrogens is 964 g/mol. The lowest BCUT2D eigenvalue weighted by Crippen LogP contribution is -2.59. The van der Waals surface area contributed by atoms with Crippen LogP contribution in [0.15, 0.2) is 33.9 Å². The number of pyridine rings is 1. The quantitative estimate of drug-likeness (QED) is 0.0884. The Morgan fingerprint density at radius 1 is 1.07 bits per heavy atom. The van der Waals surface area contributed by atoms with Crippen molar-refractivity contribution < 1.29 is 57.6 Å². The smallest absolute Gasteiger partial charge is 0.351 e. The topological polar surface area (TPSA) is 267 Å². The first-order valence-electron chi connectivity index (χ1n) is 25.5. The van der Waals surface area contributed by atoms with Crippen molar-refractivity contribution in [3.05, 3.63) is 29.4 Å². The van der Waals surface area contributed by atoms with Crippen LogP contribution >= 0.6 is 11.3 Å². The lowest BCUT2D eigenvalue weighted by molar-refractivity contribution is -0.287. The first-order chi connectivity index (χ1) is 34.1. The van der Waals surface area contributed by atoms with Crippen molar-refractivity contribution in [1.82, 2.24) is 20.2 Å². The highest BCUT2D eigenvalue weighted by atomic mass is 32.1. The Bertz CT molecular complexity index is 2330. The van der Waals surface area contributed by atoms with Crippen LogP contribution in [-0.2, 0) is 49.6 Å². The van der Waals surface area contributed by atoms with Crippen LogP contribution < -0.4 is 16.4 Å². The molecule has 2 aromatic heterocycles. The number of anilines is 1. The molecule has 1 saturated carbocycles. The lowest BCUT2D eigenvalue weighted by Gasteiger charge is -2.48. The molecule has 21 heteroatoms. The third-order valence-corrected chi connectivity index (χ3v) is 15.9. The second-order valence-electron chi connectivity index (χ2n) is 21.3. The molecule has 0 radical (unpaired) electrons. The van der Waals surface area contributed by atoms with Crippen molar-refractivity contribution in [2.75, 3.05) is 19.4 Å². The highest BCUT2D eigenvalue weighted by Gasteiger charge is 2.56. The van der Waals surface area contributed by atoms with Crippen LogP contribution in [0.1, 0.15) is 133 Å². The van der Waals surface area contributed by atoms with Crippen molar-refractivity contribution in [3.8, 4) is 10.6 Å². The number of hydrogen-bond acceptors (Lipinski definition) is 17. The van der Waals surface area contributed by atoms with Crippen molar-refractivity contribution in [2.45, 2.75) is 194 Å². The number of aliphatic hydroxyl groups is 2. The Morgan fingerprint density at radius 3 is 2.38 bits per heavy atom. The van der Waals surface area contributed by atoms with Gasteiger partial charge in [-0.3, -0.25) is 24.2 Å². The summed E-state index contributed by atoms with van der Waals surface area (Å²) in [4.78, 5) is 88.4. The predicted octanol–water partition coefficient (Wildman–Crippen LogP) is 5.94. The fourth-order valence-electron chi connectivity index (χ4n) is 10.7. The van der Waals surface area contributed by atoms with E-state index in [-0.39, 0.29) is 69.6 Å². The van der Waals surface area contributed by atoms with Gasteiger partial charge in [-0.1, -0.05) is 46.7 Å². The van der Waals surface area contributed by atoms with Crippen LogP contribution in [0.25, 0.3) is 10.6 Å². The van der Waals surface area contributed by atoms with Crippen LogP contribution in [0.5, 0.6) is 0 Å². The maximum atomic E-state index is 17.1. The highest BCUT2D eigenvalue weighted by Crippen LogP contribution is 2.47. The summed E-state index contributed by atoms with van der Waals surface area (Å²) >= 11 is 1.30. The van der Waals surface area contributed by atoms with E-state index in [2.05, 4.69) is 25.8 Å². The van der Waals surface area contributed by atoms with E-state index >= 15 is 4.39 Å². The zero-order valence-corrected chi connectivity index (χ0v) is 45.6. The average Bonchev–Trinajstić information content (AvgIpc) is 3.80. The standard InChI is InChI=1S/C52H79FN8O11S/c1-14-38-52(11,68)36-19-18-34(60-69-25-35-17-16-33(24-55-35)47-58-39(26-73-47)57-46(66)32(8)56-45(65)31(7)54)20-21-50(9,23-27(3)41(29(36)5)59-40(62)15-2)44(30(6)43(64)51(10,53)49(67)71-38)72-48-42(63)37(61(12)13)22-28(4)70-48/h16-17,24,26-32,36-38,42,44,48,63,68H,14-15,18-23,25,54H2,1-13H3,(H,56,65)(H,57,66)/b59-41?,60-34+/t27-,28-,29-,30+,31+,32+,36-,37+,38-,42-,44-,48+,50-,51+,52+/m1/s1. The summed E-state index contributed by atoms with van der Waals surface area (Å²) in [6, 6.07) is 1.59. The van der Waals surface area contributed by atoms with E-state index in [1.54, 1.807) is 38.4 Å². The van der Waals surface area contributed by atoms with Gasteiger partial charge >= 0.3 is 5.97 Å². The fourth-order valence-corrected chi connectivity index (χ4v) is 11.4. The zero-order chi connectivity index (χ0) is 54.3. The fraction of sp³-hybridized carbons (Fsp3) is 0.712. The summed E-state index contributed by atoms with van der Waals surface area (Å²) in [6.45, 7) is 18.0. The normalized spacial score (nSPS) is 34.8. The number of likely N-dealkylation sites (N-methyl/N-ethyl adjacent to an activating group) is 1. The number of nitrogens with two attached hydrogens (primary N) is 1. The molecule has 3 aliphatic rings. The van der Waals surface area contributed by atoms with E-state index in [4.69, 9.17) is 29.8 Å². The average molecular weight is 1040 g/mol. The number of aliphatic imine (C=N–C) groups is 1. The molecule has 19 nitrogen and oxygen atoms in total. The molecular formula is C52H79FN8O11S. The second-order valence-corrected chi connectivity index (χ2v) is 22.2. The van der Waals surface area contributed by atoms with Gasteiger partial charge in [0.05, 0.1) is 29.7 Å². The molecule has 15 atom stereocenters. The first kappa shape index (κ1) is 59.2. The van der Waals surface area contributed by atoms with Crippen molar-refractivity contribution in [3.63, 3.8) is 0 Å². The summed E-state index contributed by atoms with van der Waals surface area (Å²) in [5.41, 5.74) is 1.88. The summed E-state index contributed by atoms with van der Waals surface area (Å²) < 4.78 is 36.1. The van der Waals surface area contributed by atoms with Crippen LogP contribution in [-0.4, -0.2) is 140 Å². The molecule has 1 aliphatic carbocycles. The molecule has 73 heavy (non-hydrogen) atoms. The number of thiazole rings is 1. The molecule has 0 aromatic carbocycles. The van der Waals surface area contributed by atoms with Crippen LogP contribution in [0.3, 0.4) is 0 Å².